The van der Waals surface area contributed by atoms with Gasteiger partial charge in [0.15, 0.2) is 11.0 Å². The molecule has 0 bridgehead atoms. The number of nitrogens with one attached hydrogen (secondary N) is 2. The van der Waals surface area contributed by atoms with Gasteiger partial charge < -0.3 is 10.1 Å². The van der Waals surface area contributed by atoms with Gasteiger partial charge in [0.2, 0.25) is 0 Å². The summed E-state index contributed by atoms with van der Waals surface area (Å²) in [6.45, 7) is 3.85. The van der Waals surface area contributed by atoms with E-state index in [0.29, 0.717) is 22.2 Å². The SMILES string of the molecule is Cc1cccc(C)c1NC(=O)Nc1nc2ccc(-c3ncn(-c4ccc(OC(F)(F)F)cc4)n3)cc2s1. The molecule has 0 fully saturated rings. The number of halogens is 3. The minimum absolute atomic E-state index is 0.320. The van der Waals surface area contributed by atoms with Gasteiger partial charge in [-0.05, 0) is 67.4 Å². The van der Waals surface area contributed by atoms with E-state index >= 15 is 0 Å². The lowest BCUT2D eigenvalue weighted by molar-refractivity contribution is -0.274. The molecule has 0 aliphatic heterocycles. The van der Waals surface area contributed by atoms with Crippen molar-refractivity contribution in [3.63, 3.8) is 0 Å². The number of aryl methyl sites for hydroxylation is 2. The number of carbonyl (C=O) groups excluding carboxylic acids is 1. The van der Waals surface area contributed by atoms with Crippen LogP contribution in [0.2, 0.25) is 0 Å². The van der Waals surface area contributed by atoms with Crippen molar-refractivity contribution in [2.24, 2.45) is 0 Å². The van der Waals surface area contributed by atoms with E-state index < -0.39 is 6.36 Å². The third-order valence-electron chi connectivity index (χ3n) is 5.41. The number of nitrogens with zero attached hydrogens (tertiary/aromatic N) is 4. The Morgan fingerprint density at radius 1 is 1.00 bits per heavy atom. The van der Waals surface area contributed by atoms with Gasteiger partial charge >= 0.3 is 12.4 Å². The average Bonchev–Trinajstić information content (AvgIpc) is 3.47. The summed E-state index contributed by atoms with van der Waals surface area (Å²) < 4.78 is 43.3. The number of alkyl halides is 3. The van der Waals surface area contributed by atoms with E-state index in [0.717, 1.165) is 27.1 Å². The Labute approximate surface area is 212 Å². The van der Waals surface area contributed by atoms with Crippen molar-refractivity contribution < 1.29 is 22.7 Å². The molecule has 0 saturated heterocycles. The topological polar surface area (TPSA) is 94.0 Å². The predicted octanol–water partition coefficient (Wildman–Crippen LogP) is 6.70. The highest BCUT2D eigenvalue weighted by atomic mass is 32.1. The molecule has 2 heterocycles. The summed E-state index contributed by atoms with van der Waals surface area (Å²) >= 11 is 1.31. The summed E-state index contributed by atoms with van der Waals surface area (Å²) in [5.74, 6) is 0.104. The fraction of sp³-hybridized carbons (Fsp3) is 0.120. The lowest BCUT2D eigenvalue weighted by Gasteiger charge is -2.11. The Bertz CT molecular complexity index is 1570. The Kier molecular flexibility index (Phi) is 6.25. The van der Waals surface area contributed by atoms with E-state index in [1.807, 2.05) is 44.2 Å². The van der Waals surface area contributed by atoms with E-state index in [1.165, 1.54) is 46.6 Å². The maximum Gasteiger partial charge on any atom is 0.573 e. The summed E-state index contributed by atoms with van der Waals surface area (Å²) in [6.07, 6.45) is -3.28. The van der Waals surface area contributed by atoms with Crippen LogP contribution in [0.15, 0.2) is 67.0 Å². The number of para-hydroxylation sites is 1. The van der Waals surface area contributed by atoms with Gasteiger partial charge in [0, 0.05) is 11.3 Å². The lowest BCUT2D eigenvalue weighted by atomic mass is 10.1. The second-order valence-corrected chi connectivity index (χ2v) is 9.13. The van der Waals surface area contributed by atoms with Crippen LogP contribution in [0.3, 0.4) is 0 Å². The van der Waals surface area contributed by atoms with Gasteiger partial charge in [-0.25, -0.2) is 19.4 Å². The summed E-state index contributed by atoms with van der Waals surface area (Å²) in [6, 6.07) is 16.2. The number of amides is 2. The zero-order valence-corrected chi connectivity index (χ0v) is 20.3. The van der Waals surface area contributed by atoms with E-state index in [2.05, 4.69) is 30.4 Å². The van der Waals surface area contributed by atoms with Gasteiger partial charge in [0.05, 0.1) is 15.9 Å². The van der Waals surface area contributed by atoms with Crippen molar-refractivity contribution in [2.75, 3.05) is 10.6 Å². The number of benzene rings is 3. The van der Waals surface area contributed by atoms with Crippen molar-refractivity contribution in [1.82, 2.24) is 19.7 Å². The molecule has 2 amide bonds. The Morgan fingerprint density at radius 2 is 1.73 bits per heavy atom. The third-order valence-corrected chi connectivity index (χ3v) is 6.35. The van der Waals surface area contributed by atoms with Crippen molar-refractivity contribution >= 4 is 38.4 Å². The van der Waals surface area contributed by atoms with Crippen LogP contribution in [0.4, 0.5) is 28.8 Å². The van der Waals surface area contributed by atoms with E-state index in [9.17, 15) is 18.0 Å². The molecule has 0 spiro atoms. The van der Waals surface area contributed by atoms with E-state index in [1.54, 1.807) is 6.07 Å². The van der Waals surface area contributed by atoms with Crippen molar-refractivity contribution in [1.29, 1.82) is 0 Å². The van der Waals surface area contributed by atoms with Crippen LogP contribution in [0.5, 0.6) is 5.75 Å². The van der Waals surface area contributed by atoms with Crippen LogP contribution in [0.1, 0.15) is 11.1 Å². The van der Waals surface area contributed by atoms with Gasteiger partial charge in [-0.3, -0.25) is 5.32 Å². The Balaban J connectivity index is 1.31. The number of carbonyl (C=O) groups is 1. The fourth-order valence-corrected chi connectivity index (χ4v) is 4.59. The first kappa shape index (κ1) is 24.3. The van der Waals surface area contributed by atoms with Crippen molar-refractivity contribution in [2.45, 2.75) is 20.2 Å². The molecule has 5 aromatic rings. The average molecular weight is 525 g/mol. The number of urea groups is 1. The highest BCUT2D eigenvalue weighted by Crippen LogP contribution is 2.30. The molecule has 37 heavy (non-hydrogen) atoms. The zero-order chi connectivity index (χ0) is 26.2. The normalized spacial score (nSPS) is 11.5. The highest BCUT2D eigenvalue weighted by Gasteiger charge is 2.31. The Hall–Kier alpha value is -4.45. The zero-order valence-electron chi connectivity index (χ0n) is 19.5. The molecule has 2 aromatic heterocycles. The molecule has 0 aliphatic carbocycles. The number of ether oxygens (including phenoxy) is 1. The van der Waals surface area contributed by atoms with Crippen LogP contribution in [-0.2, 0) is 0 Å². The number of anilines is 2. The van der Waals surface area contributed by atoms with E-state index in [4.69, 9.17) is 0 Å². The van der Waals surface area contributed by atoms with Gasteiger partial charge in [-0.15, -0.1) is 18.3 Å². The molecule has 2 N–H and O–H groups in total. The minimum atomic E-state index is -4.75. The van der Waals surface area contributed by atoms with Gasteiger partial charge in [0.1, 0.15) is 12.1 Å². The number of hydrogen-bond acceptors (Lipinski definition) is 6. The first-order valence-electron chi connectivity index (χ1n) is 11.0. The second-order valence-electron chi connectivity index (χ2n) is 8.10. The number of thiazole rings is 1. The molecule has 0 atom stereocenters. The van der Waals surface area contributed by atoms with Crippen molar-refractivity contribution in [3.05, 3.63) is 78.1 Å². The quantitative estimate of drug-likeness (QED) is 0.267. The van der Waals surface area contributed by atoms with Crippen LogP contribution in [0.25, 0.3) is 27.3 Å². The molecule has 12 heteroatoms. The molecule has 3 aromatic carbocycles. The molecular formula is C25H19F3N6O2S. The predicted molar refractivity (Wildman–Crippen MR) is 135 cm³/mol. The lowest BCUT2D eigenvalue weighted by Crippen LogP contribution is -2.20. The first-order chi connectivity index (χ1) is 17.6. The summed E-state index contributed by atoms with van der Waals surface area (Å²) in [7, 11) is 0. The molecular weight excluding hydrogens is 505 g/mol. The second kappa shape index (κ2) is 9.54. The van der Waals surface area contributed by atoms with Crippen LogP contribution < -0.4 is 15.4 Å². The van der Waals surface area contributed by atoms with Crippen molar-refractivity contribution in [3.8, 4) is 22.8 Å². The molecule has 0 saturated carbocycles. The summed E-state index contributed by atoms with van der Waals surface area (Å²) in [5.41, 5.74) is 4.62. The maximum absolute atomic E-state index is 12.5. The first-order valence-corrected chi connectivity index (χ1v) is 11.8. The van der Waals surface area contributed by atoms with Gasteiger partial charge in [0.25, 0.3) is 0 Å². The number of aromatic nitrogens is 4. The van der Waals surface area contributed by atoms with E-state index in [-0.39, 0.29) is 11.8 Å². The molecule has 5 rings (SSSR count). The standard InChI is InChI=1S/C25H19F3N6O2S/c1-14-4-3-5-15(2)21(14)31-23(35)32-24-30-19-11-6-16(12-20(19)37-24)22-29-13-34(33-22)17-7-9-18(10-8-17)36-25(26,27)28/h3-13H,1-2H3,(H2,30,31,32,35). The van der Waals surface area contributed by atoms with Crippen LogP contribution in [0, 0.1) is 13.8 Å². The molecule has 8 nitrogen and oxygen atoms in total. The van der Waals surface area contributed by atoms with Gasteiger partial charge in [-0.2, -0.15) is 0 Å². The highest BCUT2D eigenvalue weighted by molar-refractivity contribution is 7.22. The third kappa shape index (κ3) is 5.54. The molecule has 0 aliphatic rings. The number of fused-ring (bicyclic) bond motifs is 1. The summed E-state index contributed by atoms with van der Waals surface area (Å²) in [5, 5.41) is 10.5. The largest absolute Gasteiger partial charge is 0.573 e. The maximum atomic E-state index is 12.5. The molecule has 188 valence electrons. The van der Waals surface area contributed by atoms with Gasteiger partial charge in [-0.1, -0.05) is 29.5 Å². The monoisotopic (exact) mass is 524 g/mol. The van der Waals surface area contributed by atoms with Crippen LogP contribution >= 0.6 is 11.3 Å². The Morgan fingerprint density at radius 3 is 2.43 bits per heavy atom. The van der Waals surface area contributed by atoms with Crippen LogP contribution in [-0.4, -0.2) is 32.1 Å². The minimum Gasteiger partial charge on any atom is -0.406 e. The smallest absolute Gasteiger partial charge is 0.406 e. The fourth-order valence-electron chi connectivity index (χ4n) is 3.69. The number of rotatable bonds is 5. The molecule has 0 unspecified atom stereocenters. The molecule has 0 radical (unpaired) electrons. The number of hydrogen-bond donors (Lipinski definition) is 2. The summed E-state index contributed by atoms with van der Waals surface area (Å²) in [4.78, 5) is 21.3.